The van der Waals surface area contributed by atoms with Crippen LogP contribution < -0.4 is 15.4 Å². The van der Waals surface area contributed by atoms with E-state index in [4.69, 9.17) is 21.1 Å². The van der Waals surface area contributed by atoms with Gasteiger partial charge in [-0.25, -0.2) is 0 Å². The van der Waals surface area contributed by atoms with Crippen molar-refractivity contribution >= 4 is 29.1 Å². The van der Waals surface area contributed by atoms with Gasteiger partial charge in [-0.3, -0.25) is 9.59 Å². The number of ether oxygens (including phenoxy) is 2. The first-order valence-electron chi connectivity index (χ1n) is 7.97. The number of carbonyl (C=O) groups excluding carboxylic acids is 2. The Morgan fingerprint density at radius 2 is 1.85 bits per heavy atom. The molecule has 0 aliphatic carbocycles. The topological polar surface area (TPSA) is 76.7 Å². The van der Waals surface area contributed by atoms with E-state index in [0.717, 1.165) is 11.1 Å². The molecule has 0 aliphatic heterocycles. The van der Waals surface area contributed by atoms with E-state index >= 15 is 0 Å². The molecule has 6 nitrogen and oxygen atoms in total. The molecule has 7 heteroatoms. The average Bonchev–Trinajstić information content (AvgIpc) is 2.63. The Hall–Kier alpha value is -2.57. The molecule has 2 aromatic rings. The number of nitrogens with one attached hydrogen (secondary N) is 2. The lowest BCUT2D eigenvalue weighted by molar-refractivity contribution is -0.136. The molecule has 26 heavy (non-hydrogen) atoms. The SMILES string of the molecule is COc1ccc(C)cc1NC(=O)C(=O)NCC(OC)c1ccccc1Cl. The minimum absolute atomic E-state index is 0.109. The Labute approximate surface area is 157 Å². The van der Waals surface area contributed by atoms with Crippen LogP contribution in [0.4, 0.5) is 5.69 Å². The first-order valence-corrected chi connectivity index (χ1v) is 8.35. The Kier molecular flexibility index (Phi) is 7.00. The van der Waals surface area contributed by atoms with E-state index in [1.54, 1.807) is 30.3 Å². The van der Waals surface area contributed by atoms with Crippen LogP contribution in [0, 0.1) is 6.92 Å². The second-order valence-corrected chi connectivity index (χ2v) is 6.02. The Bertz CT molecular complexity index is 795. The third-order valence-electron chi connectivity index (χ3n) is 3.79. The van der Waals surface area contributed by atoms with E-state index < -0.39 is 17.9 Å². The van der Waals surface area contributed by atoms with E-state index in [1.807, 2.05) is 19.1 Å². The van der Waals surface area contributed by atoms with Gasteiger partial charge in [0, 0.05) is 24.2 Å². The van der Waals surface area contributed by atoms with Gasteiger partial charge in [-0.05, 0) is 30.7 Å². The second-order valence-electron chi connectivity index (χ2n) is 5.61. The molecule has 138 valence electrons. The van der Waals surface area contributed by atoms with Crippen molar-refractivity contribution in [3.63, 3.8) is 0 Å². The van der Waals surface area contributed by atoms with Crippen molar-refractivity contribution in [3.05, 3.63) is 58.6 Å². The monoisotopic (exact) mass is 376 g/mol. The quantitative estimate of drug-likeness (QED) is 0.759. The summed E-state index contributed by atoms with van der Waals surface area (Å²) in [5.74, 6) is -1.09. The molecule has 0 heterocycles. The number of hydrogen-bond acceptors (Lipinski definition) is 4. The van der Waals surface area contributed by atoms with Crippen molar-refractivity contribution < 1.29 is 19.1 Å². The third kappa shape index (κ3) is 4.97. The van der Waals surface area contributed by atoms with Crippen molar-refractivity contribution in [1.29, 1.82) is 0 Å². The fraction of sp³-hybridized carbons (Fsp3) is 0.263. The summed E-state index contributed by atoms with van der Waals surface area (Å²) in [7, 11) is 3.00. The zero-order valence-electron chi connectivity index (χ0n) is 14.8. The largest absolute Gasteiger partial charge is 0.495 e. The number of anilines is 1. The summed E-state index contributed by atoms with van der Waals surface area (Å²) in [6.07, 6.45) is -0.464. The molecule has 0 aromatic heterocycles. The summed E-state index contributed by atoms with van der Waals surface area (Å²) in [6, 6.07) is 12.5. The molecule has 0 spiro atoms. The Morgan fingerprint density at radius 1 is 1.12 bits per heavy atom. The van der Waals surface area contributed by atoms with Gasteiger partial charge in [0.25, 0.3) is 0 Å². The highest BCUT2D eigenvalue weighted by Gasteiger charge is 2.19. The van der Waals surface area contributed by atoms with Crippen molar-refractivity contribution in [3.8, 4) is 5.75 Å². The van der Waals surface area contributed by atoms with Gasteiger partial charge >= 0.3 is 11.8 Å². The van der Waals surface area contributed by atoms with Crippen LogP contribution in [0.15, 0.2) is 42.5 Å². The first-order chi connectivity index (χ1) is 12.5. The van der Waals surface area contributed by atoms with Crippen molar-refractivity contribution in [1.82, 2.24) is 5.32 Å². The fourth-order valence-electron chi connectivity index (χ4n) is 2.42. The number of aryl methyl sites for hydroxylation is 1. The zero-order valence-corrected chi connectivity index (χ0v) is 15.6. The van der Waals surface area contributed by atoms with Gasteiger partial charge < -0.3 is 20.1 Å². The fourth-order valence-corrected chi connectivity index (χ4v) is 2.68. The van der Waals surface area contributed by atoms with Crippen molar-refractivity contribution in [2.45, 2.75) is 13.0 Å². The average molecular weight is 377 g/mol. The summed E-state index contributed by atoms with van der Waals surface area (Å²) < 4.78 is 10.6. The van der Waals surface area contributed by atoms with Gasteiger partial charge in [-0.1, -0.05) is 35.9 Å². The second kappa shape index (κ2) is 9.22. The van der Waals surface area contributed by atoms with Crippen molar-refractivity contribution in [2.75, 3.05) is 26.1 Å². The number of carbonyl (C=O) groups is 2. The van der Waals surface area contributed by atoms with Crippen LogP contribution in [0.3, 0.4) is 0 Å². The van der Waals surface area contributed by atoms with Gasteiger partial charge in [0.1, 0.15) is 11.9 Å². The lowest BCUT2D eigenvalue weighted by atomic mass is 10.1. The minimum Gasteiger partial charge on any atom is -0.495 e. The molecular formula is C19H21ClN2O4. The number of benzene rings is 2. The highest BCUT2D eigenvalue weighted by Crippen LogP contribution is 2.26. The van der Waals surface area contributed by atoms with Gasteiger partial charge in [0.05, 0.1) is 12.8 Å². The van der Waals surface area contributed by atoms with E-state index in [-0.39, 0.29) is 6.54 Å². The summed E-state index contributed by atoms with van der Waals surface area (Å²) >= 11 is 6.15. The highest BCUT2D eigenvalue weighted by molar-refractivity contribution is 6.39. The number of methoxy groups -OCH3 is 2. The number of rotatable bonds is 6. The summed E-state index contributed by atoms with van der Waals surface area (Å²) in [5, 5.41) is 5.64. The van der Waals surface area contributed by atoms with Crippen LogP contribution in [0.2, 0.25) is 5.02 Å². The molecule has 2 amide bonds. The smallest absolute Gasteiger partial charge is 0.313 e. The van der Waals surface area contributed by atoms with Gasteiger partial charge in [0.15, 0.2) is 0 Å². The summed E-state index contributed by atoms with van der Waals surface area (Å²) in [4.78, 5) is 24.3. The van der Waals surface area contributed by atoms with Crippen LogP contribution in [-0.4, -0.2) is 32.6 Å². The van der Waals surface area contributed by atoms with Crippen LogP contribution >= 0.6 is 11.6 Å². The van der Waals surface area contributed by atoms with E-state index in [0.29, 0.717) is 16.5 Å². The molecule has 2 rings (SSSR count). The van der Waals surface area contributed by atoms with E-state index in [9.17, 15) is 9.59 Å². The van der Waals surface area contributed by atoms with E-state index in [2.05, 4.69) is 10.6 Å². The predicted octanol–water partition coefficient (Wildman–Crippen LogP) is 3.10. The molecule has 1 unspecified atom stereocenters. The number of hydrogen-bond donors (Lipinski definition) is 2. The first kappa shape index (κ1) is 19.8. The maximum atomic E-state index is 12.2. The van der Waals surface area contributed by atoms with Gasteiger partial charge in [-0.2, -0.15) is 0 Å². The van der Waals surface area contributed by atoms with E-state index in [1.165, 1.54) is 14.2 Å². The lowest BCUT2D eigenvalue weighted by Crippen LogP contribution is -2.38. The third-order valence-corrected chi connectivity index (χ3v) is 4.14. The molecule has 2 N–H and O–H groups in total. The molecule has 0 saturated carbocycles. The Balaban J connectivity index is 2.00. The Morgan fingerprint density at radius 3 is 2.50 bits per heavy atom. The highest BCUT2D eigenvalue weighted by atomic mass is 35.5. The number of halogens is 1. The number of amides is 2. The van der Waals surface area contributed by atoms with Crippen LogP contribution in [0.1, 0.15) is 17.2 Å². The molecule has 2 aromatic carbocycles. The van der Waals surface area contributed by atoms with Crippen LogP contribution in [-0.2, 0) is 14.3 Å². The summed E-state index contributed by atoms with van der Waals surface area (Å²) in [6.45, 7) is 1.99. The molecule has 1 atom stereocenters. The van der Waals surface area contributed by atoms with Crippen molar-refractivity contribution in [2.24, 2.45) is 0 Å². The normalized spacial score (nSPS) is 11.5. The maximum absolute atomic E-state index is 12.2. The molecule has 0 radical (unpaired) electrons. The molecule has 0 aliphatic rings. The minimum atomic E-state index is -0.789. The molecule has 0 fully saturated rings. The zero-order chi connectivity index (χ0) is 19.1. The maximum Gasteiger partial charge on any atom is 0.313 e. The molecule has 0 bridgehead atoms. The van der Waals surface area contributed by atoms with Crippen LogP contribution in [0.25, 0.3) is 0 Å². The molecule has 0 saturated heterocycles. The predicted molar refractivity (Wildman–Crippen MR) is 101 cm³/mol. The lowest BCUT2D eigenvalue weighted by Gasteiger charge is -2.17. The van der Waals surface area contributed by atoms with Crippen LogP contribution in [0.5, 0.6) is 5.75 Å². The standard InChI is InChI=1S/C19H21ClN2O4/c1-12-8-9-16(25-2)15(10-12)22-19(24)18(23)21-11-17(26-3)13-6-4-5-7-14(13)20/h4-10,17H,11H2,1-3H3,(H,21,23)(H,22,24). The van der Waals surface area contributed by atoms with Gasteiger partial charge in [0.2, 0.25) is 0 Å². The van der Waals surface area contributed by atoms with Gasteiger partial charge in [-0.15, -0.1) is 0 Å². The summed E-state index contributed by atoms with van der Waals surface area (Å²) in [5.41, 5.74) is 2.10. The molecular weight excluding hydrogens is 356 g/mol.